The first-order chi connectivity index (χ1) is 9.82. The molecule has 1 aromatic carbocycles. The molecule has 0 spiro atoms. The van der Waals surface area contributed by atoms with Crippen molar-refractivity contribution in [3.8, 4) is 0 Å². The third-order valence-corrected chi connectivity index (χ3v) is 3.98. The summed E-state index contributed by atoms with van der Waals surface area (Å²) in [6.45, 7) is 6.85. The maximum absolute atomic E-state index is 12.8. The first-order valence-corrected chi connectivity index (χ1v) is 7.10. The molecule has 1 heterocycles. The predicted octanol–water partition coefficient (Wildman–Crippen LogP) is 0.985. The van der Waals surface area contributed by atoms with Gasteiger partial charge in [-0.1, -0.05) is 29.8 Å². The highest BCUT2D eigenvalue weighted by molar-refractivity contribution is 5.88. The highest BCUT2D eigenvalue weighted by Crippen LogP contribution is 2.27. The van der Waals surface area contributed by atoms with Crippen molar-refractivity contribution < 1.29 is 14.3 Å². The Morgan fingerprint density at radius 1 is 1.29 bits per heavy atom. The summed E-state index contributed by atoms with van der Waals surface area (Å²) in [6.07, 6.45) is -0.712. The number of nitrogens with two attached hydrogens (primary N) is 1. The number of aryl methyl sites for hydroxylation is 1. The van der Waals surface area contributed by atoms with E-state index in [0.717, 1.165) is 11.1 Å². The average Bonchev–Trinajstić information content (AvgIpc) is 2.47. The molecule has 0 saturated carbocycles. The minimum atomic E-state index is -0.712. The maximum atomic E-state index is 12.8. The number of nitrogens with zero attached hydrogens (tertiary/aromatic N) is 1. The highest BCUT2D eigenvalue weighted by atomic mass is 16.5. The molecule has 0 radical (unpaired) electrons. The number of carbonyl (C=O) groups excluding carboxylic acids is 2. The molecule has 1 unspecified atom stereocenters. The van der Waals surface area contributed by atoms with E-state index < -0.39 is 17.4 Å². The zero-order chi connectivity index (χ0) is 15.6. The zero-order valence-corrected chi connectivity index (χ0v) is 12.8. The molecule has 1 fully saturated rings. The van der Waals surface area contributed by atoms with Crippen LogP contribution in [-0.2, 0) is 19.7 Å². The van der Waals surface area contributed by atoms with Gasteiger partial charge in [-0.3, -0.25) is 9.59 Å². The highest BCUT2D eigenvalue weighted by Gasteiger charge is 2.37. The molecule has 1 atom stereocenters. The van der Waals surface area contributed by atoms with Crippen LogP contribution < -0.4 is 5.73 Å². The van der Waals surface area contributed by atoms with Gasteiger partial charge in [-0.15, -0.1) is 0 Å². The number of rotatable bonds is 3. The Kier molecular flexibility index (Phi) is 4.32. The fourth-order valence-corrected chi connectivity index (χ4v) is 2.49. The second-order valence-corrected chi connectivity index (χ2v) is 6.00. The van der Waals surface area contributed by atoms with Gasteiger partial charge in [-0.05, 0) is 26.3 Å². The lowest BCUT2D eigenvalue weighted by Gasteiger charge is -2.37. The Bertz CT molecular complexity index is 537. The Morgan fingerprint density at radius 3 is 2.48 bits per heavy atom. The number of benzene rings is 1. The molecule has 2 rings (SSSR count). The van der Waals surface area contributed by atoms with Crippen molar-refractivity contribution in [1.82, 2.24) is 4.90 Å². The van der Waals surface area contributed by atoms with E-state index in [4.69, 9.17) is 10.5 Å². The van der Waals surface area contributed by atoms with Gasteiger partial charge in [0.15, 0.2) is 6.10 Å². The van der Waals surface area contributed by atoms with Crippen molar-refractivity contribution in [3.05, 3.63) is 35.4 Å². The van der Waals surface area contributed by atoms with E-state index in [-0.39, 0.29) is 12.5 Å². The fraction of sp³-hybridized carbons (Fsp3) is 0.500. The summed E-state index contributed by atoms with van der Waals surface area (Å²) in [4.78, 5) is 25.7. The normalized spacial score (nSPS) is 19.4. The van der Waals surface area contributed by atoms with Crippen LogP contribution in [0.3, 0.4) is 0 Å². The quantitative estimate of drug-likeness (QED) is 0.902. The number of primary amides is 1. The largest absolute Gasteiger partial charge is 0.367 e. The molecular weight excluding hydrogens is 268 g/mol. The number of ether oxygens (including phenoxy) is 1. The van der Waals surface area contributed by atoms with Crippen LogP contribution in [-0.4, -0.2) is 42.5 Å². The van der Waals surface area contributed by atoms with E-state index in [0.29, 0.717) is 13.2 Å². The van der Waals surface area contributed by atoms with Crippen LogP contribution in [0.25, 0.3) is 0 Å². The monoisotopic (exact) mass is 290 g/mol. The average molecular weight is 290 g/mol. The molecule has 0 aromatic heterocycles. The maximum Gasteiger partial charge on any atom is 0.248 e. The third kappa shape index (κ3) is 3.24. The van der Waals surface area contributed by atoms with Crippen LogP contribution in [0.4, 0.5) is 0 Å². The summed E-state index contributed by atoms with van der Waals surface area (Å²) in [5.74, 6) is -0.540. The lowest BCUT2D eigenvalue weighted by molar-refractivity contribution is -0.148. The van der Waals surface area contributed by atoms with Crippen molar-refractivity contribution in [2.75, 3.05) is 19.7 Å². The summed E-state index contributed by atoms with van der Waals surface area (Å²) < 4.78 is 5.29. The van der Waals surface area contributed by atoms with E-state index >= 15 is 0 Å². The van der Waals surface area contributed by atoms with E-state index in [1.165, 1.54) is 0 Å². The van der Waals surface area contributed by atoms with E-state index in [1.807, 2.05) is 45.0 Å². The van der Waals surface area contributed by atoms with Crippen molar-refractivity contribution in [2.24, 2.45) is 5.73 Å². The van der Waals surface area contributed by atoms with Crippen LogP contribution in [0, 0.1) is 6.92 Å². The molecule has 1 aliphatic rings. The topological polar surface area (TPSA) is 72.6 Å². The Morgan fingerprint density at radius 2 is 1.90 bits per heavy atom. The van der Waals surface area contributed by atoms with Gasteiger partial charge < -0.3 is 15.4 Å². The van der Waals surface area contributed by atoms with Gasteiger partial charge in [-0.2, -0.15) is 0 Å². The molecule has 21 heavy (non-hydrogen) atoms. The van der Waals surface area contributed by atoms with Crippen LogP contribution in [0.2, 0.25) is 0 Å². The van der Waals surface area contributed by atoms with Crippen molar-refractivity contribution in [3.63, 3.8) is 0 Å². The second-order valence-electron chi connectivity index (χ2n) is 6.00. The lowest BCUT2D eigenvalue weighted by atomic mass is 9.82. The van der Waals surface area contributed by atoms with Crippen molar-refractivity contribution in [1.29, 1.82) is 0 Å². The summed E-state index contributed by atoms with van der Waals surface area (Å²) in [5.41, 5.74) is 6.73. The fourth-order valence-electron chi connectivity index (χ4n) is 2.49. The molecule has 1 aliphatic heterocycles. The number of morpholine rings is 1. The Balaban J connectivity index is 2.17. The number of carbonyl (C=O) groups is 2. The predicted molar refractivity (Wildman–Crippen MR) is 79.7 cm³/mol. The molecule has 5 heteroatoms. The van der Waals surface area contributed by atoms with Crippen LogP contribution >= 0.6 is 0 Å². The molecular formula is C16H22N2O3. The first-order valence-electron chi connectivity index (χ1n) is 7.10. The van der Waals surface area contributed by atoms with Crippen molar-refractivity contribution in [2.45, 2.75) is 32.3 Å². The van der Waals surface area contributed by atoms with Gasteiger partial charge in [0.2, 0.25) is 11.8 Å². The lowest BCUT2D eigenvalue weighted by Crippen LogP contribution is -2.54. The van der Waals surface area contributed by atoms with Gasteiger partial charge in [0.1, 0.15) is 0 Å². The minimum Gasteiger partial charge on any atom is -0.367 e. The molecule has 0 bridgehead atoms. The van der Waals surface area contributed by atoms with Crippen molar-refractivity contribution >= 4 is 11.8 Å². The summed E-state index contributed by atoms with van der Waals surface area (Å²) in [6, 6.07) is 7.93. The number of hydrogen-bond acceptors (Lipinski definition) is 3. The second kappa shape index (κ2) is 5.85. The molecule has 1 saturated heterocycles. The van der Waals surface area contributed by atoms with Gasteiger partial charge in [0.05, 0.1) is 18.6 Å². The summed E-state index contributed by atoms with van der Waals surface area (Å²) >= 11 is 0. The molecule has 114 valence electrons. The molecule has 2 amide bonds. The first kappa shape index (κ1) is 15.5. The smallest absolute Gasteiger partial charge is 0.248 e. The van der Waals surface area contributed by atoms with Gasteiger partial charge in [0.25, 0.3) is 0 Å². The Labute approximate surface area is 125 Å². The van der Waals surface area contributed by atoms with Gasteiger partial charge in [0, 0.05) is 6.54 Å². The number of amides is 2. The zero-order valence-electron chi connectivity index (χ0n) is 12.8. The third-order valence-electron chi connectivity index (χ3n) is 3.98. The Hall–Kier alpha value is -1.88. The minimum absolute atomic E-state index is 0.0131. The molecule has 1 aromatic rings. The standard InChI is InChI=1S/C16H22N2O3/c1-11-4-6-12(7-5-11)16(2,3)15(20)18-8-9-21-13(10-18)14(17)19/h4-7,13H,8-10H2,1-3H3,(H2,17,19). The van der Waals surface area contributed by atoms with Crippen LogP contribution in [0.15, 0.2) is 24.3 Å². The van der Waals surface area contributed by atoms with Crippen LogP contribution in [0.1, 0.15) is 25.0 Å². The number of hydrogen-bond donors (Lipinski definition) is 1. The van der Waals surface area contributed by atoms with E-state index in [9.17, 15) is 9.59 Å². The SMILES string of the molecule is Cc1ccc(C(C)(C)C(=O)N2CCOC(C(N)=O)C2)cc1. The summed E-state index contributed by atoms with van der Waals surface area (Å²) in [5, 5.41) is 0. The van der Waals surface area contributed by atoms with E-state index in [1.54, 1.807) is 4.90 Å². The van der Waals surface area contributed by atoms with E-state index in [2.05, 4.69) is 0 Å². The van der Waals surface area contributed by atoms with Gasteiger partial charge >= 0.3 is 0 Å². The van der Waals surface area contributed by atoms with Gasteiger partial charge in [-0.25, -0.2) is 0 Å². The molecule has 5 nitrogen and oxygen atoms in total. The molecule has 2 N–H and O–H groups in total. The molecule has 0 aliphatic carbocycles. The van der Waals surface area contributed by atoms with Crippen LogP contribution in [0.5, 0.6) is 0 Å². The summed E-state index contributed by atoms with van der Waals surface area (Å²) in [7, 11) is 0.